The van der Waals surface area contributed by atoms with Crippen molar-refractivity contribution < 1.29 is 17.9 Å². The average molecular weight is 340 g/mol. The Kier molecular flexibility index (Phi) is 4.73. The second kappa shape index (κ2) is 6.37. The first-order valence-electron chi connectivity index (χ1n) is 6.30. The third-order valence-electron chi connectivity index (χ3n) is 3.10. The number of benzene rings is 2. The maximum atomic E-state index is 12.7. The first-order chi connectivity index (χ1) is 10.4. The Bertz CT molecular complexity index is 805. The predicted molar refractivity (Wildman–Crippen MR) is 84.8 cm³/mol. The predicted octanol–water partition coefficient (Wildman–Crippen LogP) is 2.95. The lowest BCUT2D eigenvalue weighted by Gasteiger charge is -2.21. The van der Waals surface area contributed by atoms with E-state index in [0.717, 1.165) is 4.31 Å². The van der Waals surface area contributed by atoms with Gasteiger partial charge in [0.2, 0.25) is 0 Å². The number of anilines is 1. The molecule has 2 rings (SSSR count). The Hall–Kier alpha value is -2.05. The molecule has 0 atom stereocenters. The first-order valence-corrected chi connectivity index (χ1v) is 8.11. The van der Waals surface area contributed by atoms with E-state index in [1.807, 2.05) is 0 Å². The number of hydrogen-bond donors (Lipinski definition) is 0. The van der Waals surface area contributed by atoms with E-state index in [-0.39, 0.29) is 16.1 Å². The highest BCUT2D eigenvalue weighted by Crippen LogP contribution is 2.27. The van der Waals surface area contributed by atoms with Gasteiger partial charge in [0, 0.05) is 12.1 Å². The van der Waals surface area contributed by atoms with Crippen molar-refractivity contribution in [1.82, 2.24) is 0 Å². The molecule has 0 aromatic heterocycles. The number of para-hydroxylation sites is 1. The first kappa shape index (κ1) is 16.3. The van der Waals surface area contributed by atoms with Crippen LogP contribution in [0, 0.1) is 0 Å². The summed E-state index contributed by atoms with van der Waals surface area (Å²) in [5.41, 5.74) is 0.396. The Morgan fingerprint density at radius 3 is 2.45 bits per heavy atom. The van der Waals surface area contributed by atoms with Crippen molar-refractivity contribution in [2.75, 3.05) is 18.5 Å². The summed E-state index contributed by atoms with van der Waals surface area (Å²) in [5.74, 6) is -0.608. The number of carbonyl (C=O) groups is 1. The zero-order valence-electron chi connectivity index (χ0n) is 12.0. The minimum Gasteiger partial charge on any atom is -0.465 e. The molecule has 0 aliphatic heterocycles. The summed E-state index contributed by atoms with van der Waals surface area (Å²) in [6.07, 6.45) is 0. The van der Waals surface area contributed by atoms with Gasteiger partial charge in [-0.25, -0.2) is 13.2 Å². The highest BCUT2D eigenvalue weighted by molar-refractivity contribution is 7.92. The molecule has 0 unspecified atom stereocenters. The van der Waals surface area contributed by atoms with Crippen LogP contribution in [0.25, 0.3) is 0 Å². The van der Waals surface area contributed by atoms with E-state index in [4.69, 9.17) is 11.6 Å². The largest absolute Gasteiger partial charge is 0.465 e. The molecule has 0 N–H and O–H groups in total. The molecule has 5 nitrogen and oxygen atoms in total. The quantitative estimate of drug-likeness (QED) is 0.803. The van der Waals surface area contributed by atoms with Crippen LogP contribution in [0.15, 0.2) is 53.4 Å². The molecule has 116 valence electrons. The molecule has 0 saturated carbocycles. The number of ether oxygens (including phenoxy) is 1. The minimum atomic E-state index is -3.84. The Labute approximate surface area is 134 Å². The summed E-state index contributed by atoms with van der Waals surface area (Å²) in [6, 6.07) is 12.3. The topological polar surface area (TPSA) is 63.7 Å². The van der Waals surface area contributed by atoms with Gasteiger partial charge >= 0.3 is 5.97 Å². The molecular formula is C15H14ClNO4S. The minimum absolute atomic E-state index is 0.0437. The standard InChI is InChI=1S/C15H14ClNO4S/c1-17(14-9-4-3-8-13(14)15(18)21-2)22(19,20)12-7-5-6-11(16)10-12/h3-10H,1-2H3. The third kappa shape index (κ3) is 3.08. The molecule has 7 heteroatoms. The lowest BCUT2D eigenvalue weighted by molar-refractivity contribution is 0.0601. The van der Waals surface area contributed by atoms with Crippen LogP contribution in [0.1, 0.15) is 10.4 Å². The molecule has 0 aliphatic rings. The van der Waals surface area contributed by atoms with E-state index in [0.29, 0.717) is 5.02 Å². The summed E-state index contributed by atoms with van der Waals surface area (Å²) in [6.45, 7) is 0. The van der Waals surface area contributed by atoms with Crippen molar-refractivity contribution in [2.24, 2.45) is 0 Å². The lowest BCUT2D eigenvalue weighted by Crippen LogP contribution is -2.28. The van der Waals surface area contributed by atoms with E-state index >= 15 is 0 Å². The molecule has 0 aliphatic carbocycles. The molecule has 0 fully saturated rings. The van der Waals surface area contributed by atoms with Crippen molar-refractivity contribution in [1.29, 1.82) is 0 Å². The molecule has 0 saturated heterocycles. The van der Waals surface area contributed by atoms with E-state index in [1.165, 1.54) is 38.4 Å². The summed E-state index contributed by atoms with van der Waals surface area (Å²) in [7, 11) is -1.22. The van der Waals surface area contributed by atoms with Gasteiger partial charge in [-0.15, -0.1) is 0 Å². The maximum Gasteiger partial charge on any atom is 0.340 e. The number of esters is 1. The van der Waals surface area contributed by atoms with Gasteiger partial charge in [0.25, 0.3) is 10.0 Å². The molecule has 0 amide bonds. The zero-order valence-corrected chi connectivity index (χ0v) is 13.6. The molecule has 0 radical (unpaired) electrons. The van der Waals surface area contributed by atoms with Crippen LogP contribution in [0.4, 0.5) is 5.69 Å². The van der Waals surface area contributed by atoms with E-state index in [2.05, 4.69) is 4.74 Å². The SMILES string of the molecule is COC(=O)c1ccccc1N(C)S(=O)(=O)c1cccc(Cl)c1. The maximum absolute atomic E-state index is 12.7. The zero-order chi connectivity index (χ0) is 16.3. The number of rotatable bonds is 4. The Balaban J connectivity index is 2.52. The average Bonchev–Trinajstić information content (AvgIpc) is 2.53. The van der Waals surface area contributed by atoms with Crippen molar-refractivity contribution >= 4 is 33.3 Å². The van der Waals surface area contributed by atoms with Gasteiger partial charge in [-0.05, 0) is 30.3 Å². The molecule has 2 aromatic carbocycles. The fourth-order valence-corrected chi connectivity index (χ4v) is 3.46. The highest BCUT2D eigenvalue weighted by Gasteiger charge is 2.25. The fourth-order valence-electron chi connectivity index (χ4n) is 1.95. The van der Waals surface area contributed by atoms with Crippen molar-refractivity contribution in [3.05, 3.63) is 59.1 Å². The smallest absolute Gasteiger partial charge is 0.340 e. The highest BCUT2D eigenvalue weighted by atomic mass is 35.5. The van der Waals surface area contributed by atoms with E-state index in [1.54, 1.807) is 24.3 Å². The van der Waals surface area contributed by atoms with Crippen molar-refractivity contribution in [3.63, 3.8) is 0 Å². The van der Waals surface area contributed by atoms with Crippen LogP contribution in [0.3, 0.4) is 0 Å². The van der Waals surface area contributed by atoms with Crippen molar-refractivity contribution in [3.8, 4) is 0 Å². The van der Waals surface area contributed by atoms with Crippen LogP contribution in [0.2, 0.25) is 5.02 Å². The summed E-state index contributed by atoms with van der Waals surface area (Å²) in [5, 5.41) is 0.315. The van der Waals surface area contributed by atoms with Gasteiger partial charge in [-0.1, -0.05) is 29.8 Å². The third-order valence-corrected chi connectivity index (χ3v) is 5.11. The summed E-state index contributed by atoms with van der Waals surface area (Å²) >= 11 is 5.85. The molecule has 2 aromatic rings. The van der Waals surface area contributed by atoms with E-state index < -0.39 is 16.0 Å². The summed E-state index contributed by atoms with van der Waals surface area (Å²) < 4.78 is 31.0. The van der Waals surface area contributed by atoms with Crippen LogP contribution >= 0.6 is 11.6 Å². The van der Waals surface area contributed by atoms with Crippen LogP contribution in [0.5, 0.6) is 0 Å². The number of hydrogen-bond acceptors (Lipinski definition) is 4. The second-order valence-electron chi connectivity index (χ2n) is 4.44. The molecule has 0 bridgehead atoms. The second-order valence-corrected chi connectivity index (χ2v) is 6.84. The molecule has 0 heterocycles. The molecular weight excluding hydrogens is 326 g/mol. The van der Waals surface area contributed by atoms with Gasteiger partial charge in [-0.2, -0.15) is 0 Å². The molecule has 0 spiro atoms. The monoisotopic (exact) mass is 339 g/mol. The Morgan fingerprint density at radius 2 is 1.82 bits per heavy atom. The molecule has 22 heavy (non-hydrogen) atoms. The number of halogens is 1. The van der Waals surface area contributed by atoms with E-state index in [9.17, 15) is 13.2 Å². The number of nitrogens with zero attached hydrogens (tertiary/aromatic N) is 1. The van der Waals surface area contributed by atoms with Crippen LogP contribution < -0.4 is 4.31 Å². The summed E-state index contributed by atoms with van der Waals surface area (Å²) in [4.78, 5) is 11.8. The van der Waals surface area contributed by atoms with Gasteiger partial charge < -0.3 is 4.74 Å². The van der Waals surface area contributed by atoms with Crippen molar-refractivity contribution in [2.45, 2.75) is 4.90 Å². The van der Waals surface area contributed by atoms with Gasteiger partial charge in [0.15, 0.2) is 0 Å². The van der Waals surface area contributed by atoms with Gasteiger partial charge in [0.1, 0.15) is 0 Å². The Morgan fingerprint density at radius 1 is 1.14 bits per heavy atom. The fraction of sp³-hybridized carbons (Fsp3) is 0.133. The van der Waals surface area contributed by atoms with Gasteiger partial charge in [0.05, 0.1) is 23.3 Å². The van der Waals surface area contributed by atoms with Gasteiger partial charge in [-0.3, -0.25) is 4.31 Å². The van der Waals surface area contributed by atoms with Crippen LogP contribution in [-0.4, -0.2) is 28.5 Å². The number of sulfonamides is 1. The van der Waals surface area contributed by atoms with Crippen LogP contribution in [-0.2, 0) is 14.8 Å². The number of carbonyl (C=O) groups excluding carboxylic acids is 1. The lowest BCUT2D eigenvalue weighted by atomic mass is 10.2. The number of methoxy groups -OCH3 is 1. The normalized spacial score (nSPS) is 11.0.